The normalized spacial score (nSPS) is 10.9. The lowest BCUT2D eigenvalue weighted by atomic mass is 10.3. The lowest BCUT2D eigenvalue weighted by molar-refractivity contribution is 0.0686. The molecule has 0 aromatic carbocycles. The van der Waals surface area contributed by atoms with Crippen LogP contribution in [0.2, 0.25) is 0 Å². The number of carboxylic acid groups (broad SMARTS) is 1. The Labute approximate surface area is 156 Å². The predicted molar refractivity (Wildman–Crippen MR) is 95.1 cm³/mol. The number of halogens is 1. The van der Waals surface area contributed by atoms with Crippen LogP contribution in [0.25, 0.3) is 0 Å². The summed E-state index contributed by atoms with van der Waals surface area (Å²) >= 11 is 3.47. The van der Waals surface area contributed by atoms with Crippen molar-refractivity contribution < 1.29 is 14.7 Å². The van der Waals surface area contributed by atoms with Gasteiger partial charge in [-0.15, -0.1) is 0 Å². The molecule has 0 unspecified atom stereocenters. The number of carbonyl (C=O) groups excluding carboxylic acids is 1. The summed E-state index contributed by atoms with van der Waals surface area (Å²) in [6.07, 6.45) is 2.94. The van der Waals surface area contributed by atoms with Gasteiger partial charge in [-0.05, 0) is 35.8 Å². The van der Waals surface area contributed by atoms with E-state index in [9.17, 15) is 14.7 Å². The van der Waals surface area contributed by atoms with E-state index in [4.69, 9.17) is 0 Å². The smallest absolute Gasteiger partial charge is 0.356 e. The number of carbonyl (C=O) groups is 2. The van der Waals surface area contributed by atoms with E-state index in [-0.39, 0.29) is 17.1 Å². The van der Waals surface area contributed by atoms with Crippen molar-refractivity contribution in [2.45, 2.75) is 20.5 Å². The van der Waals surface area contributed by atoms with Crippen molar-refractivity contribution in [1.29, 1.82) is 0 Å². The number of aromatic nitrogens is 6. The average Bonchev–Trinajstić information content (AvgIpc) is 3.24. The maximum atomic E-state index is 12.3. The third-order valence-corrected chi connectivity index (χ3v) is 4.98. The first kappa shape index (κ1) is 17.9. The van der Waals surface area contributed by atoms with Crippen LogP contribution in [0.5, 0.6) is 0 Å². The third kappa shape index (κ3) is 3.25. The Morgan fingerprint density at radius 1 is 1.31 bits per heavy atom. The molecule has 2 N–H and O–H groups in total. The molecule has 0 aliphatic rings. The van der Waals surface area contributed by atoms with Crippen molar-refractivity contribution in [1.82, 2.24) is 29.3 Å². The fourth-order valence-electron chi connectivity index (χ4n) is 2.48. The minimum atomic E-state index is -1.18. The molecular weight excluding hydrogens is 406 g/mol. The third-order valence-electron chi connectivity index (χ3n) is 3.83. The molecule has 0 saturated carbocycles. The van der Waals surface area contributed by atoms with Gasteiger partial charge in [0.05, 0.1) is 27.7 Å². The van der Waals surface area contributed by atoms with Gasteiger partial charge < -0.3 is 10.4 Å². The van der Waals surface area contributed by atoms with Gasteiger partial charge in [0.2, 0.25) is 0 Å². The van der Waals surface area contributed by atoms with Gasteiger partial charge in [0, 0.05) is 13.2 Å². The Bertz CT molecular complexity index is 1000. The fraction of sp³-hybridized carbons (Fsp3) is 0.267. The molecule has 1 amide bonds. The van der Waals surface area contributed by atoms with Crippen LogP contribution in [0.4, 0.5) is 5.69 Å². The van der Waals surface area contributed by atoms with Gasteiger partial charge in [0.25, 0.3) is 5.91 Å². The number of anilines is 1. The van der Waals surface area contributed by atoms with E-state index in [0.29, 0.717) is 6.67 Å². The minimum absolute atomic E-state index is 0.106. The zero-order chi connectivity index (χ0) is 19.0. The SMILES string of the molecule is Cc1nn(Cn2ccc(C(=O)Nc3cnn(C)c3C(=O)O)n2)c(C)c1Br. The van der Waals surface area contributed by atoms with Gasteiger partial charge in [-0.1, -0.05) is 0 Å². The summed E-state index contributed by atoms with van der Waals surface area (Å²) in [6.45, 7) is 4.17. The molecule has 0 radical (unpaired) electrons. The zero-order valence-electron chi connectivity index (χ0n) is 14.3. The monoisotopic (exact) mass is 421 g/mol. The molecule has 3 aromatic rings. The molecule has 26 heavy (non-hydrogen) atoms. The number of amides is 1. The molecule has 0 atom stereocenters. The van der Waals surface area contributed by atoms with E-state index in [1.165, 1.54) is 17.9 Å². The molecule has 3 heterocycles. The van der Waals surface area contributed by atoms with E-state index in [1.54, 1.807) is 21.6 Å². The van der Waals surface area contributed by atoms with Gasteiger partial charge in [-0.2, -0.15) is 15.3 Å². The summed E-state index contributed by atoms with van der Waals surface area (Å²) in [7, 11) is 1.49. The van der Waals surface area contributed by atoms with Crippen LogP contribution in [-0.4, -0.2) is 46.3 Å². The predicted octanol–water partition coefficient (Wildman–Crippen LogP) is 1.65. The number of carboxylic acids is 1. The molecule has 136 valence electrons. The Morgan fingerprint density at radius 2 is 2.04 bits per heavy atom. The Morgan fingerprint density at radius 3 is 2.65 bits per heavy atom. The molecule has 0 spiro atoms. The van der Waals surface area contributed by atoms with Gasteiger partial charge in [-0.3, -0.25) is 14.2 Å². The zero-order valence-corrected chi connectivity index (χ0v) is 15.9. The van der Waals surface area contributed by atoms with Crippen molar-refractivity contribution in [2.75, 3.05) is 5.32 Å². The second kappa shape index (κ2) is 6.75. The van der Waals surface area contributed by atoms with Crippen molar-refractivity contribution in [3.05, 3.63) is 45.7 Å². The maximum absolute atomic E-state index is 12.3. The number of rotatable bonds is 5. The molecule has 0 aliphatic carbocycles. The van der Waals surface area contributed by atoms with Crippen LogP contribution in [0.3, 0.4) is 0 Å². The van der Waals surface area contributed by atoms with Gasteiger partial charge in [-0.25, -0.2) is 9.48 Å². The maximum Gasteiger partial charge on any atom is 0.356 e. The summed E-state index contributed by atoms with van der Waals surface area (Å²) in [4.78, 5) is 23.6. The standard InChI is InChI=1S/C15H16BrN7O3/c1-8-12(16)9(2)23(19-8)7-22-5-4-10(20-22)14(24)18-11-6-17-21(3)13(11)15(25)26/h4-6H,7H2,1-3H3,(H,18,24)(H,25,26). The summed E-state index contributed by atoms with van der Waals surface area (Å²) in [5.74, 6) is -1.70. The van der Waals surface area contributed by atoms with Crippen molar-refractivity contribution in [3.63, 3.8) is 0 Å². The lowest BCUT2D eigenvalue weighted by Gasteiger charge is -2.05. The van der Waals surface area contributed by atoms with E-state index in [2.05, 4.69) is 36.5 Å². The molecule has 0 aliphatic heterocycles. The number of nitrogens with one attached hydrogen (secondary N) is 1. The van der Waals surface area contributed by atoms with Crippen molar-refractivity contribution in [2.24, 2.45) is 7.05 Å². The highest BCUT2D eigenvalue weighted by Crippen LogP contribution is 2.20. The highest BCUT2D eigenvalue weighted by atomic mass is 79.9. The quantitative estimate of drug-likeness (QED) is 0.645. The highest BCUT2D eigenvalue weighted by Gasteiger charge is 2.19. The largest absolute Gasteiger partial charge is 0.476 e. The summed E-state index contributed by atoms with van der Waals surface area (Å²) in [5, 5.41) is 24.2. The van der Waals surface area contributed by atoms with Crippen LogP contribution in [0.1, 0.15) is 32.4 Å². The number of hydrogen-bond acceptors (Lipinski definition) is 5. The van der Waals surface area contributed by atoms with Crippen molar-refractivity contribution >= 4 is 33.5 Å². The van der Waals surface area contributed by atoms with Crippen molar-refractivity contribution in [3.8, 4) is 0 Å². The van der Waals surface area contributed by atoms with Gasteiger partial charge >= 0.3 is 5.97 Å². The number of aromatic carboxylic acids is 1. The molecule has 0 bridgehead atoms. The van der Waals surface area contributed by atoms with Crippen LogP contribution < -0.4 is 5.32 Å². The first-order valence-corrected chi connectivity index (χ1v) is 8.37. The number of hydrogen-bond donors (Lipinski definition) is 2. The summed E-state index contributed by atoms with van der Waals surface area (Å²) in [5.41, 5.74) is 1.98. The molecule has 0 saturated heterocycles. The second-order valence-electron chi connectivity index (χ2n) is 5.66. The van der Waals surface area contributed by atoms with E-state index < -0.39 is 11.9 Å². The van der Waals surface area contributed by atoms with E-state index in [0.717, 1.165) is 15.9 Å². The first-order valence-electron chi connectivity index (χ1n) is 7.57. The molecular formula is C15H16BrN7O3. The molecule has 0 fully saturated rings. The molecule has 11 heteroatoms. The Hall–Kier alpha value is -2.95. The molecule has 10 nitrogen and oxygen atoms in total. The number of aryl methyl sites for hydroxylation is 2. The fourth-order valence-corrected chi connectivity index (χ4v) is 2.76. The van der Waals surface area contributed by atoms with E-state index in [1.807, 2.05) is 13.8 Å². The summed E-state index contributed by atoms with van der Waals surface area (Å²) in [6, 6.07) is 1.55. The van der Waals surface area contributed by atoms with Crippen LogP contribution >= 0.6 is 15.9 Å². The second-order valence-corrected chi connectivity index (χ2v) is 6.45. The first-order chi connectivity index (χ1) is 12.3. The van der Waals surface area contributed by atoms with Crippen LogP contribution in [0, 0.1) is 13.8 Å². The Balaban J connectivity index is 1.76. The van der Waals surface area contributed by atoms with Crippen LogP contribution in [-0.2, 0) is 13.7 Å². The van der Waals surface area contributed by atoms with Gasteiger partial charge in [0.15, 0.2) is 11.4 Å². The van der Waals surface area contributed by atoms with Gasteiger partial charge in [0.1, 0.15) is 6.67 Å². The minimum Gasteiger partial charge on any atom is -0.476 e. The van der Waals surface area contributed by atoms with E-state index >= 15 is 0 Å². The molecule has 3 aromatic heterocycles. The number of nitrogens with zero attached hydrogens (tertiary/aromatic N) is 6. The summed E-state index contributed by atoms with van der Waals surface area (Å²) < 4.78 is 5.44. The lowest BCUT2D eigenvalue weighted by Crippen LogP contribution is -2.17. The highest BCUT2D eigenvalue weighted by molar-refractivity contribution is 9.10. The molecule has 3 rings (SSSR count). The average molecular weight is 422 g/mol. The van der Waals surface area contributed by atoms with Crippen LogP contribution in [0.15, 0.2) is 22.9 Å². The Kier molecular flexibility index (Phi) is 4.64. The topological polar surface area (TPSA) is 120 Å².